The summed E-state index contributed by atoms with van der Waals surface area (Å²) in [6, 6.07) is 15.9. The highest BCUT2D eigenvalue weighted by Gasteiger charge is 2.22. The van der Waals surface area contributed by atoms with E-state index in [9.17, 15) is 4.79 Å². The van der Waals surface area contributed by atoms with Gasteiger partial charge in [0, 0.05) is 10.6 Å². The Hall–Kier alpha value is -1.88. The highest BCUT2D eigenvalue weighted by Crippen LogP contribution is 2.20. The third kappa shape index (κ3) is 5.30. The lowest BCUT2D eigenvalue weighted by Gasteiger charge is -2.29. The van der Waals surface area contributed by atoms with E-state index in [2.05, 4.69) is 30.3 Å². The van der Waals surface area contributed by atoms with E-state index in [1.54, 1.807) is 28.0 Å². The first-order valence-electron chi connectivity index (χ1n) is 8.83. The van der Waals surface area contributed by atoms with Crippen molar-refractivity contribution >= 4 is 17.9 Å². The fraction of sp³-hybridized carbons (Fsp3) is 0.350. The van der Waals surface area contributed by atoms with Crippen LogP contribution in [-0.2, 0) is 6.54 Å². The summed E-state index contributed by atoms with van der Waals surface area (Å²) in [5.41, 5.74) is 1.92. The second-order valence-corrected chi connectivity index (χ2v) is 7.00. The SMILES string of the molecule is O=Cc1cc(Cl)ccc1OCC[NH+]1CC[NH+](Cc2ccccc2)CC1. The van der Waals surface area contributed by atoms with Gasteiger partial charge in [-0.25, -0.2) is 0 Å². The minimum atomic E-state index is 0.514. The van der Waals surface area contributed by atoms with E-state index in [0.717, 1.165) is 32.5 Å². The number of quaternary nitrogens is 2. The molecule has 3 rings (SSSR count). The van der Waals surface area contributed by atoms with Gasteiger partial charge >= 0.3 is 0 Å². The first-order chi connectivity index (χ1) is 12.2. The molecule has 0 aliphatic carbocycles. The van der Waals surface area contributed by atoms with Gasteiger partial charge in [-0.05, 0) is 18.2 Å². The summed E-state index contributed by atoms with van der Waals surface area (Å²) < 4.78 is 5.79. The third-order valence-electron chi connectivity index (χ3n) is 4.77. The van der Waals surface area contributed by atoms with Crippen LogP contribution >= 0.6 is 11.6 Å². The van der Waals surface area contributed by atoms with Gasteiger partial charge in [0.2, 0.25) is 0 Å². The lowest BCUT2D eigenvalue weighted by molar-refractivity contribution is -1.02. The van der Waals surface area contributed by atoms with Gasteiger partial charge in [-0.15, -0.1) is 0 Å². The van der Waals surface area contributed by atoms with Gasteiger partial charge in [-0.1, -0.05) is 41.9 Å². The zero-order valence-electron chi connectivity index (χ0n) is 14.3. The summed E-state index contributed by atoms with van der Waals surface area (Å²) in [4.78, 5) is 14.3. The topological polar surface area (TPSA) is 35.2 Å². The maximum Gasteiger partial charge on any atom is 0.153 e. The Kier molecular flexibility index (Phi) is 6.45. The van der Waals surface area contributed by atoms with Gasteiger partial charge in [-0.2, -0.15) is 0 Å². The molecule has 0 spiro atoms. The molecule has 0 atom stereocenters. The number of carbonyl (C=O) groups is 1. The predicted molar refractivity (Wildman–Crippen MR) is 98.7 cm³/mol. The Morgan fingerprint density at radius 2 is 1.72 bits per heavy atom. The van der Waals surface area contributed by atoms with Crippen molar-refractivity contribution < 1.29 is 19.3 Å². The van der Waals surface area contributed by atoms with Crippen LogP contribution in [0.2, 0.25) is 5.02 Å². The number of hydrogen-bond acceptors (Lipinski definition) is 2. The number of hydrogen-bond donors (Lipinski definition) is 2. The first kappa shape index (κ1) is 17.9. The van der Waals surface area contributed by atoms with Crippen molar-refractivity contribution in [2.24, 2.45) is 0 Å². The van der Waals surface area contributed by atoms with Gasteiger partial charge < -0.3 is 14.5 Å². The number of ether oxygens (including phenoxy) is 1. The van der Waals surface area contributed by atoms with Gasteiger partial charge in [-0.3, -0.25) is 4.79 Å². The molecule has 0 aromatic heterocycles. The van der Waals surface area contributed by atoms with Crippen LogP contribution in [0.4, 0.5) is 0 Å². The zero-order valence-corrected chi connectivity index (χ0v) is 15.1. The molecule has 132 valence electrons. The second-order valence-electron chi connectivity index (χ2n) is 6.56. The van der Waals surface area contributed by atoms with Crippen LogP contribution in [0.25, 0.3) is 0 Å². The number of carbonyl (C=O) groups excluding carboxylic acids is 1. The van der Waals surface area contributed by atoms with Crippen molar-refractivity contribution in [1.29, 1.82) is 0 Å². The van der Waals surface area contributed by atoms with E-state index >= 15 is 0 Å². The minimum Gasteiger partial charge on any atom is -0.487 e. The van der Waals surface area contributed by atoms with Crippen molar-refractivity contribution in [2.75, 3.05) is 39.3 Å². The average molecular weight is 361 g/mol. The van der Waals surface area contributed by atoms with Crippen molar-refractivity contribution in [1.82, 2.24) is 0 Å². The molecule has 0 radical (unpaired) electrons. The molecule has 2 N–H and O–H groups in total. The molecule has 25 heavy (non-hydrogen) atoms. The van der Waals surface area contributed by atoms with Crippen LogP contribution in [0.15, 0.2) is 48.5 Å². The number of piperazine rings is 1. The van der Waals surface area contributed by atoms with Crippen LogP contribution in [0.3, 0.4) is 0 Å². The molecule has 0 unspecified atom stereocenters. The van der Waals surface area contributed by atoms with Gasteiger partial charge in [0.15, 0.2) is 6.29 Å². The van der Waals surface area contributed by atoms with E-state index in [1.165, 1.54) is 18.7 Å². The molecule has 0 bridgehead atoms. The molecule has 4 nitrogen and oxygen atoms in total. The second kappa shape index (κ2) is 8.99. The van der Waals surface area contributed by atoms with E-state index in [4.69, 9.17) is 16.3 Å². The standard InChI is InChI=1S/C20H23ClN2O2/c21-19-6-7-20(18(14-19)16-24)25-13-12-22-8-10-23(11-9-22)15-17-4-2-1-3-5-17/h1-7,14,16H,8-13,15H2/p+2. The molecular formula is C20H25ClN2O2+2. The zero-order chi connectivity index (χ0) is 17.5. The number of rotatable bonds is 7. The molecule has 0 amide bonds. The van der Waals surface area contributed by atoms with Crippen molar-refractivity contribution in [3.8, 4) is 5.75 Å². The van der Waals surface area contributed by atoms with E-state index < -0.39 is 0 Å². The summed E-state index contributed by atoms with van der Waals surface area (Å²) in [6.45, 7) is 7.37. The number of aldehydes is 1. The lowest BCUT2D eigenvalue weighted by atomic mass is 10.2. The third-order valence-corrected chi connectivity index (χ3v) is 5.01. The van der Waals surface area contributed by atoms with Gasteiger partial charge in [0.25, 0.3) is 0 Å². The Bertz CT molecular complexity index is 685. The molecule has 2 aromatic carbocycles. The largest absolute Gasteiger partial charge is 0.487 e. The van der Waals surface area contributed by atoms with E-state index in [1.807, 2.05) is 0 Å². The number of halogens is 1. The molecule has 0 saturated carbocycles. The van der Waals surface area contributed by atoms with Crippen molar-refractivity contribution in [3.63, 3.8) is 0 Å². The molecule has 1 aliphatic heterocycles. The molecule has 2 aromatic rings. The van der Waals surface area contributed by atoms with E-state index in [-0.39, 0.29) is 0 Å². The molecule has 1 fully saturated rings. The first-order valence-corrected chi connectivity index (χ1v) is 9.21. The van der Waals surface area contributed by atoms with Gasteiger partial charge in [0.1, 0.15) is 51.6 Å². The van der Waals surface area contributed by atoms with Crippen LogP contribution in [-0.4, -0.2) is 45.6 Å². The average Bonchev–Trinajstić information content (AvgIpc) is 2.65. The lowest BCUT2D eigenvalue weighted by Crippen LogP contribution is -3.27. The fourth-order valence-electron chi connectivity index (χ4n) is 3.32. The summed E-state index contributed by atoms with van der Waals surface area (Å²) in [5.74, 6) is 0.618. The quantitative estimate of drug-likeness (QED) is 0.706. The maximum absolute atomic E-state index is 11.1. The van der Waals surface area contributed by atoms with Crippen molar-refractivity contribution in [3.05, 3.63) is 64.7 Å². The molecule has 1 heterocycles. The van der Waals surface area contributed by atoms with E-state index in [0.29, 0.717) is 22.9 Å². The number of nitrogens with one attached hydrogen (secondary N) is 2. The Morgan fingerprint density at radius 1 is 1.00 bits per heavy atom. The fourth-order valence-corrected chi connectivity index (χ4v) is 3.50. The van der Waals surface area contributed by atoms with Crippen LogP contribution in [0.1, 0.15) is 15.9 Å². The minimum absolute atomic E-state index is 0.514. The summed E-state index contributed by atoms with van der Waals surface area (Å²) in [6.07, 6.45) is 0.791. The summed E-state index contributed by atoms with van der Waals surface area (Å²) in [7, 11) is 0. The monoisotopic (exact) mass is 360 g/mol. The van der Waals surface area contributed by atoms with Gasteiger partial charge in [0.05, 0.1) is 5.56 Å². The van der Waals surface area contributed by atoms with Crippen molar-refractivity contribution in [2.45, 2.75) is 6.54 Å². The summed E-state index contributed by atoms with van der Waals surface area (Å²) in [5, 5.41) is 0.553. The molecule has 1 aliphatic rings. The highest BCUT2D eigenvalue weighted by molar-refractivity contribution is 6.30. The molecular weight excluding hydrogens is 336 g/mol. The normalized spacial score (nSPS) is 20.2. The Morgan fingerprint density at radius 3 is 2.44 bits per heavy atom. The molecule has 1 saturated heterocycles. The smallest absolute Gasteiger partial charge is 0.153 e. The molecule has 5 heteroatoms. The summed E-state index contributed by atoms with van der Waals surface area (Å²) >= 11 is 5.90. The van der Waals surface area contributed by atoms with Crippen LogP contribution < -0.4 is 14.5 Å². The van der Waals surface area contributed by atoms with Crippen LogP contribution in [0.5, 0.6) is 5.75 Å². The predicted octanol–water partition coefficient (Wildman–Crippen LogP) is 0.515. The Labute approximate surface area is 154 Å². The number of benzene rings is 2. The Balaban J connectivity index is 1.40. The highest BCUT2D eigenvalue weighted by atomic mass is 35.5. The van der Waals surface area contributed by atoms with Crippen LogP contribution in [0, 0.1) is 0 Å². The maximum atomic E-state index is 11.1.